The van der Waals surface area contributed by atoms with Gasteiger partial charge in [0.05, 0.1) is 12.6 Å². The Balaban J connectivity index is 1.58. The van der Waals surface area contributed by atoms with Crippen LogP contribution in [0.3, 0.4) is 0 Å². The Labute approximate surface area is 144 Å². The van der Waals surface area contributed by atoms with Gasteiger partial charge in [0.15, 0.2) is 6.10 Å². The number of carboxylic acids is 1. The minimum Gasteiger partial charge on any atom is -0.477 e. The number of aromatic carboxylic acids is 1. The van der Waals surface area contributed by atoms with Crippen molar-refractivity contribution >= 4 is 11.9 Å². The third kappa shape index (κ3) is 4.41. The third-order valence-corrected chi connectivity index (χ3v) is 3.32. The van der Waals surface area contributed by atoms with E-state index in [1.807, 2.05) is 0 Å². The molecule has 2 aromatic rings. The lowest BCUT2D eigenvalue weighted by Crippen LogP contribution is -2.17. The average Bonchev–Trinajstić information content (AvgIpc) is 3.03. The van der Waals surface area contributed by atoms with Gasteiger partial charge in [0, 0.05) is 0 Å². The van der Waals surface area contributed by atoms with E-state index >= 15 is 0 Å². The molecule has 0 fully saturated rings. The molecule has 0 amide bonds. The number of pyridine rings is 1. The molecule has 0 aliphatic carbocycles. The molecule has 26 heavy (non-hydrogen) atoms. The lowest BCUT2D eigenvalue weighted by atomic mass is 10.1. The molecule has 3 rings (SSSR count). The molecule has 0 saturated heterocycles. The standard InChI is InChI=1S/C16H11F3N2O5/c17-16(18,19)25-10-3-1-9(2-4-10)13-7-14(21-26-13)24-11-5-6-12(15(22)23)20-8-11/h1-6,8,13H,7H2,(H,22,23). The van der Waals surface area contributed by atoms with Crippen molar-refractivity contribution in [1.82, 2.24) is 4.98 Å². The molecule has 0 bridgehead atoms. The summed E-state index contributed by atoms with van der Waals surface area (Å²) in [5.74, 6) is -0.972. The van der Waals surface area contributed by atoms with E-state index in [0.29, 0.717) is 5.56 Å². The predicted molar refractivity (Wildman–Crippen MR) is 80.8 cm³/mol. The van der Waals surface area contributed by atoms with Crippen LogP contribution in [-0.2, 0) is 4.84 Å². The van der Waals surface area contributed by atoms with Crippen molar-refractivity contribution in [2.24, 2.45) is 5.16 Å². The van der Waals surface area contributed by atoms with Gasteiger partial charge in [0.1, 0.15) is 17.2 Å². The maximum absolute atomic E-state index is 12.2. The first-order valence-corrected chi connectivity index (χ1v) is 7.26. The SMILES string of the molecule is O=C(O)c1ccc(OC2=NOC(c3ccc(OC(F)(F)F)cc3)C2)cn1. The van der Waals surface area contributed by atoms with Crippen LogP contribution in [0.25, 0.3) is 0 Å². The van der Waals surface area contributed by atoms with E-state index in [-0.39, 0.29) is 29.5 Å². The van der Waals surface area contributed by atoms with E-state index in [4.69, 9.17) is 14.7 Å². The van der Waals surface area contributed by atoms with Crippen LogP contribution >= 0.6 is 0 Å². The Morgan fingerprint density at radius 2 is 1.85 bits per heavy atom. The number of alkyl halides is 3. The zero-order chi connectivity index (χ0) is 18.7. The molecule has 0 spiro atoms. The van der Waals surface area contributed by atoms with Crippen LogP contribution < -0.4 is 9.47 Å². The van der Waals surface area contributed by atoms with Crippen LogP contribution in [0.1, 0.15) is 28.6 Å². The van der Waals surface area contributed by atoms with Crippen molar-refractivity contribution in [3.8, 4) is 11.5 Å². The molecule has 2 heterocycles. The monoisotopic (exact) mass is 368 g/mol. The summed E-state index contributed by atoms with van der Waals surface area (Å²) in [7, 11) is 0. The highest BCUT2D eigenvalue weighted by molar-refractivity contribution is 5.85. The molecule has 1 aromatic heterocycles. The fourth-order valence-corrected chi connectivity index (χ4v) is 2.18. The van der Waals surface area contributed by atoms with Gasteiger partial charge >= 0.3 is 12.3 Å². The Hall–Kier alpha value is -3.30. The maximum Gasteiger partial charge on any atom is 0.573 e. The highest BCUT2D eigenvalue weighted by Gasteiger charge is 2.31. The Bertz CT molecular complexity index is 819. The Morgan fingerprint density at radius 1 is 1.15 bits per heavy atom. The Morgan fingerprint density at radius 3 is 2.42 bits per heavy atom. The van der Waals surface area contributed by atoms with E-state index in [2.05, 4.69) is 14.9 Å². The van der Waals surface area contributed by atoms with Gasteiger partial charge in [-0.1, -0.05) is 17.3 Å². The van der Waals surface area contributed by atoms with Crippen molar-refractivity contribution in [3.05, 3.63) is 53.9 Å². The van der Waals surface area contributed by atoms with Gasteiger partial charge in [-0.25, -0.2) is 9.78 Å². The molecule has 1 aliphatic heterocycles. The first kappa shape index (κ1) is 17.5. The summed E-state index contributed by atoms with van der Waals surface area (Å²) >= 11 is 0. The van der Waals surface area contributed by atoms with Crippen molar-refractivity contribution in [1.29, 1.82) is 0 Å². The molecular weight excluding hydrogens is 357 g/mol. The molecule has 1 aromatic carbocycles. The fraction of sp³-hybridized carbons (Fsp3) is 0.188. The van der Waals surface area contributed by atoms with E-state index < -0.39 is 18.4 Å². The number of hydrogen-bond donors (Lipinski definition) is 1. The maximum atomic E-state index is 12.2. The molecule has 1 aliphatic rings. The van der Waals surface area contributed by atoms with Crippen molar-refractivity contribution in [2.75, 3.05) is 0 Å². The zero-order valence-corrected chi connectivity index (χ0v) is 12.9. The van der Waals surface area contributed by atoms with E-state index in [1.165, 1.54) is 42.6 Å². The number of benzene rings is 1. The minimum atomic E-state index is -4.75. The van der Waals surface area contributed by atoms with Crippen LogP contribution in [0.4, 0.5) is 13.2 Å². The summed E-state index contributed by atoms with van der Waals surface area (Å²) in [6.07, 6.45) is -3.78. The van der Waals surface area contributed by atoms with Gasteiger partial charge in [-0.3, -0.25) is 0 Å². The average molecular weight is 368 g/mol. The van der Waals surface area contributed by atoms with Gasteiger partial charge in [-0.2, -0.15) is 0 Å². The van der Waals surface area contributed by atoms with Gasteiger partial charge in [-0.15, -0.1) is 13.2 Å². The number of carbonyl (C=O) groups is 1. The highest BCUT2D eigenvalue weighted by Crippen LogP contribution is 2.30. The normalized spacial score (nSPS) is 16.6. The molecule has 7 nitrogen and oxygen atoms in total. The summed E-state index contributed by atoms with van der Waals surface area (Å²) in [4.78, 5) is 19.7. The number of aromatic nitrogens is 1. The predicted octanol–water partition coefficient (Wildman–Crippen LogP) is 3.53. The summed E-state index contributed by atoms with van der Waals surface area (Å²) < 4.78 is 45.7. The second-order valence-electron chi connectivity index (χ2n) is 5.19. The first-order valence-electron chi connectivity index (χ1n) is 7.26. The quantitative estimate of drug-likeness (QED) is 0.888. The largest absolute Gasteiger partial charge is 0.573 e. The highest BCUT2D eigenvalue weighted by atomic mass is 19.4. The van der Waals surface area contributed by atoms with Crippen LogP contribution in [0.2, 0.25) is 0 Å². The smallest absolute Gasteiger partial charge is 0.477 e. The summed E-state index contributed by atoms with van der Waals surface area (Å²) in [5.41, 5.74) is 0.474. The van der Waals surface area contributed by atoms with Gasteiger partial charge in [-0.05, 0) is 29.8 Å². The van der Waals surface area contributed by atoms with E-state index in [9.17, 15) is 18.0 Å². The fourth-order valence-electron chi connectivity index (χ4n) is 2.18. The molecule has 136 valence electrons. The van der Waals surface area contributed by atoms with E-state index in [1.54, 1.807) is 0 Å². The number of ether oxygens (including phenoxy) is 2. The molecule has 1 N–H and O–H groups in total. The van der Waals surface area contributed by atoms with Crippen molar-refractivity contribution in [2.45, 2.75) is 18.9 Å². The van der Waals surface area contributed by atoms with Crippen LogP contribution in [-0.4, -0.2) is 28.3 Å². The third-order valence-electron chi connectivity index (χ3n) is 3.32. The lowest BCUT2D eigenvalue weighted by molar-refractivity contribution is -0.274. The molecule has 10 heteroatoms. The minimum absolute atomic E-state index is 0.124. The number of oxime groups is 1. The number of nitrogens with zero attached hydrogens (tertiary/aromatic N) is 2. The number of halogens is 3. The van der Waals surface area contributed by atoms with Crippen LogP contribution in [0.5, 0.6) is 11.5 Å². The lowest BCUT2D eigenvalue weighted by Gasteiger charge is -2.11. The van der Waals surface area contributed by atoms with Gasteiger partial charge in [0.25, 0.3) is 0 Å². The van der Waals surface area contributed by atoms with Gasteiger partial charge < -0.3 is 19.4 Å². The summed E-state index contributed by atoms with van der Waals surface area (Å²) in [6, 6.07) is 7.94. The van der Waals surface area contributed by atoms with Crippen molar-refractivity contribution in [3.63, 3.8) is 0 Å². The molecule has 1 atom stereocenters. The Kier molecular flexibility index (Phi) is 4.65. The molecule has 0 saturated carbocycles. The van der Waals surface area contributed by atoms with Crippen molar-refractivity contribution < 1.29 is 37.4 Å². The molecule has 0 radical (unpaired) electrons. The second-order valence-corrected chi connectivity index (χ2v) is 5.19. The number of rotatable bonds is 4. The van der Waals surface area contributed by atoms with Crippen LogP contribution in [0, 0.1) is 0 Å². The topological polar surface area (TPSA) is 90.2 Å². The number of carboxylic acid groups (broad SMARTS) is 1. The van der Waals surface area contributed by atoms with Crippen LogP contribution in [0.15, 0.2) is 47.8 Å². The second kappa shape index (κ2) is 6.90. The summed E-state index contributed by atoms with van der Waals surface area (Å²) in [5, 5.41) is 12.6. The molecular formula is C16H11F3N2O5. The van der Waals surface area contributed by atoms with Gasteiger partial charge in [0.2, 0.25) is 5.90 Å². The zero-order valence-electron chi connectivity index (χ0n) is 12.9. The molecule has 1 unspecified atom stereocenters. The number of hydrogen-bond acceptors (Lipinski definition) is 6. The summed E-state index contributed by atoms with van der Waals surface area (Å²) in [6.45, 7) is 0. The first-order chi connectivity index (χ1) is 12.3. The van der Waals surface area contributed by atoms with E-state index in [0.717, 1.165) is 0 Å².